The van der Waals surface area contributed by atoms with Gasteiger partial charge in [-0.1, -0.05) is 18.2 Å². The van der Waals surface area contributed by atoms with E-state index in [4.69, 9.17) is 4.74 Å². The fraction of sp³-hybridized carbons (Fsp3) is 0.238. The summed E-state index contributed by atoms with van der Waals surface area (Å²) < 4.78 is 32.9. The highest BCUT2D eigenvalue weighted by Gasteiger charge is 2.30. The van der Waals surface area contributed by atoms with E-state index in [0.717, 1.165) is 18.5 Å². The van der Waals surface area contributed by atoms with Gasteiger partial charge in [-0.3, -0.25) is 0 Å². The Labute approximate surface area is 170 Å². The smallest absolute Gasteiger partial charge is 0.246 e. The fourth-order valence-corrected chi connectivity index (χ4v) is 5.03. The second kappa shape index (κ2) is 8.18. The van der Waals surface area contributed by atoms with Gasteiger partial charge in [0.2, 0.25) is 10.0 Å². The molecule has 0 aliphatic carbocycles. The van der Waals surface area contributed by atoms with Crippen LogP contribution in [0.1, 0.15) is 12.8 Å². The first-order valence-electron chi connectivity index (χ1n) is 9.42. The summed E-state index contributed by atoms with van der Waals surface area (Å²) in [6.07, 6.45) is 1.76. The van der Waals surface area contributed by atoms with Crippen LogP contribution in [0, 0.1) is 0 Å². The van der Waals surface area contributed by atoms with E-state index in [-0.39, 0.29) is 4.90 Å². The predicted octanol–water partition coefficient (Wildman–Crippen LogP) is 3.68. The number of benzene rings is 2. The van der Waals surface area contributed by atoms with Crippen molar-refractivity contribution in [3.05, 3.63) is 60.7 Å². The number of para-hydroxylation sites is 1. The van der Waals surface area contributed by atoms with E-state index in [1.807, 2.05) is 42.5 Å². The summed E-state index contributed by atoms with van der Waals surface area (Å²) in [7, 11) is -2.14. The van der Waals surface area contributed by atoms with Crippen LogP contribution in [0.5, 0.6) is 5.75 Å². The van der Waals surface area contributed by atoms with Crippen molar-refractivity contribution in [3.63, 3.8) is 0 Å². The average molecular weight is 410 g/mol. The first-order valence-corrected chi connectivity index (χ1v) is 10.9. The lowest BCUT2D eigenvalue weighted by Gasteiger charge is -2.18. The Hall–Kier alpha value is -2.97. The van der Waals surface area contributed by atoms with Gasteiger partial charge in [0.15, 0.2) is 5.82 Å². The van der Waals surface area contributed by atoms with Gasteiger partial charge in [-0.2, -0.15) is 4.31 Å². The molecule has 2 heterocycles. The number of ether oxygens (including phenoxy) is 1. The Kier molecular flexibility index (Phi) is 5.46. The molecule has 0 saturated carbocycles. The second-order valence-electron chi connectivity index (χ2n) is 6.77. The maximum atomic E-state index is 13.1. The zero-order valence-corrected chi connectivity index (χ0v) is 16.9. The minimum atomic E-state index is -3.61. The van der Waals surface area contributed by atoms with Gasteiger partial charge in [0.1, 0.15) is 10.6 Å². The molecule has 2 aromatic carbocycles. The number of anilines is 2. The van der Waals surface area contributed by atoms with Crippen LogP contribution in [0.15, 0.2) is 65.6 Å². The highest BCUT2D eigenvalue weighted by Crippen LogP contribution is 2.32. The maximum absolute atomic E-state index is 13.1. The van der Waals surface area contributed by atoms with E-state index in [1.165, 1.54) is 11.4 Å². The summed E-state index contributed by atoms with van der Waals surface area (Å²) in [4.78, 5) is 0.160. The summed E-state index contributed by atoms with van der Waals surface area (Å²) in [5.74, 6) is 0.939. The van der Waals surface area contributed by atoms with Crippen molar-refractivity contribution >= 4 is 21.5 Å². The number of rotatable bonds is 6. The van der Waals surface area contributed by atoms with E-state index in [9.17, 15) is 8.42 Å². The molecule has 0 bridgehead atoms. The molecule has 1 N–H and O–H groups in total. The molecular weight excluding hydrogens is 388 g/mol. The van der Waals surface area contributed by atoms with Crippen LogP contribution in [0.25, 0.3) is 11.3 Å². The van der Waals surface area contributed by atoms with Crippen molar-refractivity contribution in [3.8, 4) is 17.0 Å². The summed E-state index contributed by atoms with van der Waals surface area (Å²) in [6, 6.07) is 18.4. The molecule has 3 aromatic rings. The van der Waals surface area contributed by atoms with Crippen molar-refractivity contribution in [1.82, 2.24) is 14.5 Å². The summed E-state index contributed by atoms with van der Waals surface area (Å²) in [6.45, 7) is 1.07. The monoisotopic (exact) mass is 410 g/mol. The van der Waals surface area contributed by atoms with E-state index in [0.29, 0.717) is 35.9 Å². The van der Waals surface area contributed by atoms with Gasteiger partial charge in [0, 0.05) is 24.3 Å². The standard InChI is InChI=1S/C21H22N4O3S/c1-28-19-11-9-16(15-20(19)29(26,27)25-13-5-6-14-25)18-10-12-21(24-23-18)22-17-7-3-2-4-8-17/h2-4,7-12,15H,5-6,13-14H2,1H3,(H,22,24). The van der Waals surface area contributed by atoms with Gasteiger partial charge in [0.25, 0.3) is 0 Å². The van der Waals surface area contributed by atoms with Gasteiger partial charge in [-0.05, 0) is 55.3 Å². The average Bonchev–Trinajstić information content (AvgIpc) is 3.30. The van der Waals surface area contributed by atoms with Gasteiger partial charge >= 0.3 is 0 Å². The van der Waals surface area contributed by atoms with Gasteiger partial charge in [-0.25, -0.2) is 8.42 Å². The third-order valence-corrected chi connectivity index (χ3v) is 6.77. The SMILES string of the molecule is COc1ccc(-c2ccc(Nc3ccccc3)nn2)cc1S(=O)(=O)N1CCCC1. The molecule has 1 saturated heterocycles. The lowest BCUT2D eigenvalue weighted by Crippen LogP contribution is -2.28. The van der Waals surface area contributed by atoms with Crippen molar-refractivity contribution in [1.29, 1.82) is 0 Å². The highest BCUT2D eigenvalue weighted by atomic mass is 32.2. The highest BCUT2D eigenvalue weighted by molar-refractivity contribution is 7.89. The predicted molar refractivity (Wildman–Crippen MR) is 112 cm³/mol. The third-order valence-electron chi connectivity index (χ3n) is 4.85. The molecule has 1 aromatic heterocycles. The lowest BCUT2D eigenvalue weighted by atomic mass is 10.1. The first-order chi connectivity index (χ1) is 14.1. The normalized spacial score (nSPS) is 14.7. The number of nitrogens with one attached hydrogen (secondary N) is 1. The Morgan fingerprint density at radius 3 is 2.38 bits per heavy atom. The molecule has 7 nitrogen and oxygen atoms in total. The van der Waals surface area contributed by atoms with Crippen LogP contribution in [-0.4, -0.2) is 43.1 Å². The second-order valence-corrected chi connectivity index (χ2v) is 8.68. The molecule has 0 atom stereocenters. The molecule has 0 amide bonds. The largest absolute Gasteiger partial charge is 0.495 e. The van der Waals surface area contributed by atoms with Gasteiger partial charge in [-0.15, -0.1) is 10.2 Å². The van der Waals surface area contributed by atoms with Gasteiger partial charge in [0.05, 0.1) is 12.8 Å². The van der Waals surface area contributed by atoms with Crippen LogP contribution >= 0.6 is 0 Å². The molecule has 29 heavy (non-hydrogen) atoms. The van der Waals surface area contributed by atoms with Crippen molar-refractivity contribution in [2.24, 2.45) is 0 Å². The summed E-state index contributed by atoms with van der Waals surface area (Å²) in [5.41, 5.74) is 2.17. The molecule has 0 unspecified atom stereocenters. The summed E-state index contributed by atoms with van der Waals surface area (Å²) in [5, 5.41) is 11.6. The van der Waals surface area contributed by atoms with Gasteiger partial charge < -0.3 is 10.1 Å². The molecule has 0 spiro atoms. The van der Waals surface area contributed by atoms with E-state index >= 15 is 0 Å². The van der Waals surface area contributed by atoms with Crippen molar-refractivity contribution in [2.45, 2.75) is 17.7 Å². The Morgan fingerprint density at radius 2 is 1.72 bits per heavy atom. The number of aromatic nitrogens is 2. The van der Waals surface area contributed by atoms with Crippen LogP contribution in [0.4, 0.5) is 11.5 Å². The Bertz CT molecular complexity index is 1080. The number of methoxy groups -OCH3 is 1. The summed E-state index contributed by atoms with van der Waals surface area (Å²) >= 11 is 0. The molecule has 1 aliphatic heterocycles. The molecule has 150 valence electrons. The van der Waals surface area contributed by atoms with Crippen LogP contribution in [-0.2, 0) is 10.0 Å². The fourth-order valence-electron chi connectivity index (χ4n) is 3.33. The molecule has 8 heteroatoms. The van der Waals surface area contributed by atoms with Crippen molar-refractivity contribution in [2.75, 3.05) is 25.5 Å². The zero-order chi connectivity index (χ0) is 20.3. The van der Waals surface area contributed by atoms with E-state index in [1.54, 1.807) is 18.2 Å². The number of hydrogen-bond donors (Lipinski definition) is 1. The van der Waals surface area contributed by atoms with E-state index < -0.39 is 10.0 Å². The molecule has 1 fully saturated rings. The molecule has 0 radical (unpaired) electrons. The topological polar surface area (TPSA) is 84.4 Å². The number of nitrogens with zero attached hydrogens (tertiary/aromatic N) is 3. The van der Waals surface area contributed by atoms with E-state index in [2.05, 4.69) is 15.5 Å². The molecule has 1 aliphatic rings. The Balaban J connectivity index is 1.63. The Morgan fingerprint density at radius 1 is 0.966 bits per heavy atom. The molecule has 4 rings (SSSR count). The third kappa shape index (κ3) is 4.08. The number of hydrogen-bond acceptors (Lipinski definition) is 6. The minimum absolute atomic E-state index is 0.160. The quantitative estimate of drug-likeness (QED) is 0.667. The number of sulfonamides is 1. The van der Waals surface area contributed by atoms with Crippen molar-refractivity contribution < 1.29 is 13.2 Å². The zero-order valence-electron chi connectivity index (χ0n) is 16.1. The lowest BCUT2D eigenvalue weighted by molar-refractivity contribution is 0.398. The molecular formula is C21H22N4O3S. The minimum Gasteiger partial charge on any atom is -0.495 e. The van der Waals surface area contributed by atoms with Crippen LogP contribution in [0.3, 0.4) is 0 Å². The van der Waals surface area contributed by atoms with Crippen LogP contribution in [0.2, 0.25) is 0 Å². The van der Waals surface area contributed by atoms with Crippen LogP contribution < -0.4 is 10.1 Å². The first kappa shape index (κ1) is 19.4. The maximum Gasteiger partial charge on any atom is 0.246 e.